The summed E-state index contributed by atoms with van der Waals surface area (Å²) in [6.07, 6.45) is 0.895. The van der Waals surface area contributed by atoms with E-state index in [1.54, 1.807) is 0 Å². The molecule has 20 heavy (non-hydrogen) atoms. The number of carbonyl (C=O) groups is 1. The maximum atomic E-state index is 12.5. The number of carbonyl (C=O) groups excluding carboxylic acids is 1. The molecule has 106 valence electrons. The Morgan fingerprint density at radius 3 is 2.55 bits per heavy atom. The van der Waals surface area contributed by atoms with Crippen LogP contribution in [0.4, 0.5) is 0 Å². The zero-order chi connectivity index (χ0) is 14.5. The maximum absolute atomic E-state index is 12.5. The van der Waals surface area contributed by atoms with Gasteiger partial charge >= 0.3 is 0 Å². The van der Waals surface area contributed by atoms with E-state index in [4.69, 9.17) is 0 Å². The summed E-state index contributed by atoms with van der Waals surface area (Å²) in [6.45, 7) is 5.53. The number of hydrogen-bond donors (Lipinski definition) is 0. The molecule has 2 aromatic rings. The highest BCUT2D eigenvalue weighted by Crippen LogP contribution is 2.28. The fraction of sp³-hybridized carbons (Fsp3) is 0.312. The predicted octanol–water partition coefficient (Wildman–Crippen LogP) is 4.52. The van der Waals surface area contributed by atoms with Crippen LogP contribution in [0.3, 0.4) is 0 Å². The fourth-order valence-electron chi connectivity index (χ4n) is 2.03. The highest BCUT2D eigenvalue weighted by Gasteiger charge is 2.17. The molecular weight excluding hydrogens is 334 g/mol. The van der Waals surface area contributed by atoms with Gasteiger partial charge in [-0.1, -0.05) is 30.3 Å². The summed E-state index contributed by atoms with van der Waals surface area (Å²) in [5, 5.41) is 0. The fourth-order valence-corrected chi connectivity index (χ4v) is 3.54. The van der Waals surface area contributed by atoms with E-state index in [-0.39, 0.29) is 5.91 Å². The van der Waals surface area contributed by atoms with Gasteiger partial charge in [-0.2, -0.15) is 0 Å². The first-order valence-electron chi connectivity index (χ1n) is 6.71. The molecular formula is C16H18BrNOS. The van der Waals surface area contributed by atoms with Gasteiger partial charge in [0.2, 0.25) is 0 Å². The molecule has 0 aliphatic rings. The Bertz CT molecular complexity index is 560. The van der Waals surface area contributed by atoms with E-state index in [1.807, 2.05) is 43.0 Å². The van der Waals surface area contributed by atoms with Gasteiger partial charge in [-0.25, -0.2) is 0 Å². The summed E-state index contributed by atoms with van der Waals surface area (Å²) < 4.78 is 1.04. The number of aryl methyl sites for hydroxylation is 1. The van der Waals surface area contributed by atoms with Crippen LogP contribution in [0.15, 0.2) is 40.2 Å². The van der Waals surface area contributed by atoms with Crippen LogP contribution in [0.25, 0.3) is 0 Å². The quantitative estimate of drug-likeness (QED) is 0.775. The first kappa shape index (κ1) is 15.3. The average molecular weight is 352 g/mol. The molecule has 0 N–H and O–H groups in total. The highest BCUT2D eigenvalue weighted by molar-refractivity contribution is 9.11. The zero-order valence-electron chi connectivity index (χ0n) is 11.7. The lowest BCUT2D eigenvalue weighted by Gasteiger charge is -2.20. The largest absolute Gasteiger partial charge is 0.338 e. The summed E-state index contributed by atoms with van der Waals surface area (Å²) in [4.78, 5) is 15.2. The van der Waals surface area contributed by atoms with E-state index in [0.29, 0.717) is 0 Å². The van der Waals surface area contributed by atoms with E-state index in [0.717, 1.165) is 33.7 Å². The molecule has 1 aromatic carbocycles. The molecule has 0 bridgehead atoms. The molecule has 0 fully saturated rings. The number of thiophene rings is 1. The lowest BCUT2D eigenvalue weighted by Crippen LogP contribution is -2.32. The molecule has 1 amide bonds. The number of rotatable bonds is 5. The predicted molar refractivity (Wildman–Crippen MR) is 88.5 cm³/mol. The third kappa shape index (κ3) is 3.70. The van der Waals surface area contributed by atoms with Crippen molar-refractivity contribution in [2.24, 2.45) is 0 Å². The minimum atomic E-state index is 0.127. The van der Waals surface area contributed by atoms with Crippen molar-refractivity contribution in [3.8, 4) is 0 Å². The van der Waals surface area contributed by atoms with Gasteiger partial charge in [0.25, 0.3) is 5.91 Å². The molecule has 0 aliphatic heterocycles. The monoisotopic (exact) mass is 351 g/mol. The topological polar surface area (TPSA) is 20.3 Å². The van der Waals surface area contributed by atoms with Crippen molar-refractivity contribution in [2.45, 2.75) is 20.3 Å². The van der Waals surface area contributed by atoms with Gasteiger partial charge in [0, 0.05) is 13.1 Å². The molecule has 0 spiro atoms. The first-order chi connectivity index (χ1) is 9.61. The van der Waals surface area contributed by atoms with Crippen LogP contribution in [0.2, 0.25) is 0 Å². The Balaban J connectivity index is 2.02. The molecule has 0 saturated heterocycles. The van der Waals surface area contributed by atoms with E-state index in [9.17, 15) is 4.79 Å². The molecule has 0 unspecified atom stereocenters. The van der Waals surface area contributed by atoms with Gasteiger partial charge in [0.1, 0.15) is 0 Å². The second kappa shape index (κ2) is 7.04. The van der Waals surface area contributed by atoms with Crippen molar-refractivity contribution >= 4 is 33.2 Å². The number of hydrogen-bond acceptors (Lipinski definition) is 2. The molecule has 4 heteroatoms. The van der Waals surface area contributed by atoms with Crippen molar-refractivity contribution in [3.63, 3.8) is 0 Å². The zero-order valence-corrected chi connectivity index (χ0v) is 14.1. The van der Waals surface area contributed by atoms with Gasteiger partial charge < -0.3 is 4.90 Å². The smallest absolute Gasteiger partial charge is 0.263 e. The number of nitrogens with zero attached hydrogens (tertiary/aromatic N) is 1. The highest BCUT2D eigenvalue weighted by atomic mass is 79.9. The summed E-state index contributed by atoms with van der Waals surface area (Å²) in [5.41, 5.74) is 2.39. The van der Waals surface area contributed by atoms with Gasteiger partial charge in [-0.3, -0.25) is 4.79 Å². The SMILES string of the molecule is CCN(CCc1ccccc1)C(=O)c1cc(C)c(Br)s1. The lowest BCUT2D eigenvalue weighted by molar-refractivity contribution is 0.0771. The molecule has 0 atom stereocenters. The van der Waals surface area contributed by atoms with Crippen LogP contribution in [-0.2, 0) is 6.42 Å². The third-order valence-corrected chi connectivity index (χ3v) is 5.37. The van der Waals surface area contributed by atoms with Crippen molar-refractivity contribution in [1.29, 1.82) is 0 Å². The molecule has 0 saturated carbocycles. The van der Waals surface area contributed by atoms with Gasteiger partial charge in [0.15, 0.2) is 0 Å². The Morgan fingerprint density at radius 1 is 1.30 bits per heavy atom. The summed E-state index contributed by atoms with van der Waals surface area (Å²) >= 11 is 4.99. The molecule has 2 nitrogen and oxygen atoms in total. The molecule has 1 aromatic heterocycles. The Hall–Kier alpha value is -1.13. The lowest BCUT2D eigenvalue weighted by atomic mass is 10.1. The van der Waals surface area contributed by atoms with Crippen molar-refractivity contribution < 1.29 is 4.79 Å². The van der Waals surface area contributed by atoms with Gasteiger partial charge in [-0.15, -0.1) is 11.3 Å². The van der Waals surface area contributed by atoms with Crippen LogP contribution in [-0.4, -0.2) is 23.9 Å². The second-order valence-corrected chi connectivity index (χ2v) is 7.06. The minimum Gasteiger partial charge on any atom is -0.338 e. The van der Waals surface area contributed by atoms with Crippen LogP contribution in [0.1, 0.15) is 27.7 Å². The number of amides is 1. The summed E-state index contributed by atoms with van der Waals surface area (Å²) in [5.74, 6) is 0.127. The van der Waals surface area contributed by atoms with Gasteiger partial charge in [0.05, 0.1) is 8.66 Å². The number of benzene rings is 1. The van der Waals surface area contributed by atoms with E-state index >= 15 is 0 Å². The normalized spacial score (nSPS) is 10.6. The van der Waals surface area contributed by atoms with Crippen LogP contribution >= 0.6 is 27.3 Å². The molecule has 2 rings (SSSR count). The first-order valence-corrected chi connectivity index (χ1v) is 8.32. The maximum Gasteiger partial charge on any atom is 0.263 e. The van der Waals surface area contributed by atoms with Gasteiger partial charge in [-0.05, 0) is 53.4 Å². The average Bonchev–Trinajstić information content (AvgIpc) is 2.80. The third-order valence-electron chi connectivity index (χ3n) is 3.25. The summed E-state index contributed by atoms with van der Waals surface area (Å²) in [6, 6.07) is 12.2. The second-order valence-electron chi connectivity index (χ2n) is 4.69. The van der Waals surface area contributed by atoms with E-state index < -0.39 is 0 Å². The Kier molecular flexibility index (Phi) is 5.38. The van der Waals surface area contributed by atoms with E-state index in [2.05, 4.69) is 28.1 Å². The summed E-state index contributed by atoms with van der Waals surface area (Å²) in [7, 11) is 0. The standard InChI is InChI=1S/C16H18BrNOS/c1-3-18(10-9-13-7-5-4-6-8-13)16(19)14-11-12(2)15(17)20-14/h4-8,11H,3,9-10H2,1-2H3. The van der Waals surface area contributed by atoms with Crippen LogP contribution < -0.4 is 0 Å². The van der Waals surface area contributed by atoms with Crippen molar-refractivity contribution in [3.05, 3.63) is 56.2 Å². The van der Waals surface area contributed by atoms with Crippen LogP contribution in [0.5, 0.6) is 0 Å². The molecule has 0 aliphatic carbocycles. The van der Waals surface area contributed by atoms with Crippen molar-refractivity contribution in [1.82, 2.24) is 4.90 Å². The number of likely N-dealkylation sites (N-methyl/N-ethyl adjacent to an activating group) is 1. The molecule has 0 radical (unpaired) electrons. The van der Waals surface area contributed by atoms with Crippen molar-refractivity contribution in [2.75, 3.05) is 13.1 Å². The Labute approximate surface area is 132 Å². The molecule has 1 heterocycles. The van der Waals surface area contributed by atoms with Crippen LogP contribution in [0, 0.1) is 6.92 Å². The van der Waals surface area contributed by atoms with E-state index in [1.165, 1.54) is 16.9 Å². The Morgan fingerprint density at radius 2 is 2.00 bits per heavy atom. The minimum absolute atomic E-state index is 0.127. The number of halogens is 1.